The van der Waals surface area contributed by atoms with Gasteiger partial charge in [-0.1, -0.05) is 59.0 Å². The van der Waals surface area contributed by atoms with Crippen molar-refractivity contribution < 1.29 is 0 Å². The number of hydrogen-bond donors (Lipinski definition) is 0. The number of pyridine rings is 2. The molecule has 0 aliphatic heterocycles. The number of rotatable bonds is 8. The lowest BCUT2D eigenvalue weighted by Gasteiger charge is -2.67. The van der Waals surface area contributed by atoms with Crippen molar-refractivity contribution in [3.05, 3.63) is 83.9 Å². The molecule has 8 aliphatic carbocycles. The summed E-state index contributed by atoms with van der Waals surface area (Å²) in [5.41, 5.74) is 4.98. The van der Waals surface area contributed by atoms with Crippen molar-refractivity contribution >= 4 is 26.5 Å². The van der Waals surface area contributed by atoms with Crippen molar-refractivity contribution in [3.8, 4) is 0 Å². The number of aromatic nitrogens is 2. The Morgan fingerprint density at radius 3 is 1.46 bits per heavy atom. The summed E-state index contributed by atoms with van der Waals surface area (Å²) in [6.45, 7) is 7.19. The molecule has 8 saturated carbocycles. The van der Waals surface area contributed by atoms with Crippen LogP contribution in [0, 0.1) is 35.5 Å². The van der Waals surface area contributed by atoms with E-state index in [0.29, 0.717) is 10.3 Å². The van der Waals surface area contributed by atoms with Gasteiger partial charge in [0.15, 0.2) is 0 Å². The Morgan fingerprint density at radius 1 is 0.609 bits per heavy atom. The van der Waals surface area contributed by atoms with Gasteiger partial charge in [-0.3, -0.25) is 9.97 Å². The van der Waals surface area contributed by atoms with Crippen molar-refractivity contribution in [3.63, 3.8) is 0 Å². The van der Waals surface area contributed by atoms with Crippen LogP contribution < -0.4 is 10.6 Å². The fraction of sp³-hybridized carbons (Fsp3) is 0.619. The highest BCUT2D eigenvalue weighted by atomic mass is 31.1. The van der Waals surface area contributed by atoms with Gasteiger partial charge in [0.1, 0.15) is 0 Å². The minimum absolute atomic E-state index is 0.0901. The maximum Gasteiger partial charge on any atom is 0.0348 e. The molecule has 0 spiro atoms. The van der Waals surface area contributed by atoms with E-state index in [0.717, 1.165) is 41.7 Å². The van der Waals surface area contributed by atoms with Crippen LogP contribution in [-0.2, 0) is 17.7 Å². The van der Waals surface area contributed by atoms with E-state index in [1.165, 1.54) is 22.3 Å². The van der Waals surface area contributed by atoms with E-state index in [1.54, 1.807) is 88.2 Å². The maximum atomic E-state index is 4.61. The molecule has 1 aromatic carbocycles. The monoisotopic (exact) mass is 648 g/mol. The average molecular weight is 649 g/mol. The van der Waals surface area contributed by atoms with Crippen molar-refractivity contribution in [1.29, 1.82) is 0 Å². The summed E-state index contributed by atoms with van der Waals surface area (Å²) in [5.74, 6) is 6.23. The van der Waals surface area contributed by atoms with Crippen LogP contribution in [0.5, 0.6) is 0 Å². The van der Waals surface area contributed by atoms with Gasteiger partial charge in [0, 0.05) is 30.9 Å². The first kappa shape index (κ1) is 30.4. The van der Waals surface area contributed by atoms with Gasteiger partial charge in [-0.2, -0.15) is 0 Å². The van der Waals surface area contributed by atoms with Crippen LogP contribution in [-0.4, -0.2) is 20.3 Å². The topological polar surface area (TPSA) is 25.8 Å². The standard InChI is InChI=1S/C42H54N2P2/c1-40(2,3)37-9-8-35(36(18-37)27-45(38-6-4-10-43-25-38)39-7-5-11-44-26-39)28-46(41-19-29-12-30(20-41)14-31(13-29)21-41)42-22-32-15-33(23-42)17-34(16-32)24-42/h4-11,18,25-26,29-34H,12-17,19-24,27-28H2,1-3H3. The zero-order valence-electron chi connectivity index (χ0n) is 28.5. The van der Waals surface area contributed by atoms with Crippen LogP contribution in [0.1, 0.15) is 115 Å². The fourth-order valence-corrected chi connectivity index (χ4v) is 20.2. The Balaban J connectivity index is 1.15. The highest BCUT2D eigenvalue weighted by Gasteiger charge is 2.62. The minimum atomic E-state index is -0.588. The first-order chi connectivity index (χ1) is 22.2. The summed E-state index contributed by atoms with van der Waals surface area (Å²) >= 11 is 0. The van der Waals surface area contributed by atoms with Crippen LogP contribution in [0.4, 0.5) is 0 Å². The predicted molar refractivity (Wildman–Crippen MR) is 196 cm³/mol. The predicted octanol–water partition coefficient (Wildman–Crippen LogP) is 10.3. The molecule has 2 nitrogen and oxygen atoms in total. The van der Waals surface area contributed by atoms with Crippen LogP contribution in [0.2, 0.25) is 0 Å². The molecule has 2 heterocycles. The molecule has 8 aliphatic rings. The fourth-order valence-electron chi connectivity index (χ4n) is 12.7. The Kier molecular flexibility index (Phi) is 7.60. The van der Waals surface area contributed by atoms with E-state index in [2.05, 4.69) is 85.6 Å². The molecule has 3 aromatic rings. The second-order valence-electron chi connectivity index (χ2n) is 18.1. The van der Waals surface area contributed by atoms with Gasteiger partial charge in [0.25, 0.3) is 0 Å². The molecule has 46 heavy (non-hydrogen) atoms. The highest BCUT2D eigenvalue weighted by Crippen LogP contribution is 2.79. The molecular formula is C42H54N2P2. The molecule has 0 unspecified atom stereocenters. The van der Waals surface area contributed by atoms with Gasteiger partial charge in [-0.15, -0.1) is 0 Å². The van der Waals surface area contributed by atoms with E-state index in [-0.39, 0.29) is 13.3 Å². The van der Waals surface area contributed by atoms with Crippen LogP contribution in [0.15, 0.2) is 67.3 Å². The summed E-state index contributed by atoms with van der Waals surface area (Å²) in [4.78, 5) is 9.22. The number of nitrogens with zero attached hydrogens (tertiary/aromatic N) is 2. The van der Waals surface area contributed by atoms with Crippen molar-refractivity contribution in [2.45, 2.75) is 126 Å². The molecule has 4 heteroatoms. The van der Waals surface area contributed by atoms with Crippen molar-refractivity contribution in [1.82, 2.24) is 9.97 Å². The molecular weight excluding hydrogens is 594 g/mol. The Morgan fingerprint density at radius 2 is 1.07 bits per heavy atom. The SMILES string of the molecule is CC(C)(C)c1ccc(CP(C23CC4CC(CC(C4)C2)C3)C23CC4CC(CC(C4)C2)C3)c(CP(c2cccnc2)c2cccnc2)c1. The molecule has 8 bridgehead atoms. The lowest BCUT2D eigenvalue weighted by atomic mass is 9.55. The van der Waals surface area contributed by atoms with Gasteiger partial charge in [0.05, 0.1) is 0 Å². The molecule has 11 rings (SSSR count). The normalized spacial score (nSPS) is 36.4. The van der Waals surface area contributed by atoms with E-state index >= 15 is 0 Å². The first-order valence-corrected chi connectivity index (χ1v) is 21.8. The maximum absolute atomic E-state index is 4.61. The zero-order chi connectivity index (χ0) is 31.1. The summed E-state index contributed by atoms with van der Waals surface area (Å²) < 4.78 is 0. The summed E-state index contributed by atoms with van der Waals surface area (Å²) in [7, 11) is -0.679. The average Bonchev–Trinajstić information content (AvgIpc) is 3.02. The molecule has 0 atom stereocenters. The summed E-state index contributed by atoms with van der Waals surface area (Å²) in [5, 5.41) is 4.07. The van der Waals surface area contributed by atoms with E-state index in [4.69, 9.17) is 0 Å². The Labute approximate surface area is 280 Å². The van der Waals surface area contributed by atoms with Gasteiger partial charge in [0.2, 0.25) is 0 Å². The largest absolute Gasteiger partial charge is 0.264 e. The molecule has 242 valence electrons. The molecule has 0 N–H and O–H groups in total. The Hall–Kier alpha value is -1.62. The lowest BCUT2D eigenvalue weighted by molar-refractivity contribution is 0.0184. The van der Waals surface area contributed by atoms with Gasteiger partial charge in [-0.05, 0) is 182 Å². The molecule has 0 amide bonds. The van der Waals surface area contributed by atoms with Gasteiger partial charge < -0.3 is 0 Å². The zero-order valence-corrected chi connectivity index (χ0v) is 30.3. The van der Waals surface area contributed by atoms with Crippen LogP contribution in [0.25, 0.3) is 0 Å². The Bertz CT molecular complexity index is 1410. The van der Waals surface area contributed by atoms with Crippen molar-refractivity contribution in [2.75, 3.05) is 0 Å². The number of hydrogen-bond acceptors (Lipinski definition) is 2. The molecule has 0 saturated heterocycles. The smallest absolute Gasteiger partial charge is 0.0348 e. The minimum Gasteiger partial charge on any atom is -0.264 e. The van der Waals surface area contributed by atoms with E-state index in [1.807, 2.05) is 12.4 Å². The highest BCUT2D eigenvalue weighted by molar-refractivity contribution is 7.72. The third kappa shape index (κ3) is 5.45. The molecule has 2 aromatic heterocycles. The van der Waals surface area contributed by atoms with Crippen molar-refractivity contribution in [2.24, 2.45) is 35.5 Å². The second-order valence-corrected chi connectivity index (χ2v) is 23.4. The van der Waals surface area contributed by atoms with E-state index in [9.17, 15) is 0 Å². The second kappa shape index (κ2) is 11.5. The quantitative estimate of drug-likeness (QED) is 0.227. The van der Waals surface area contributed by atoms with Gasteiger partial charge >= 0.3 is 0 Å². The number of benzene rings is 1. The third-order valence-corrected chi connectivity index (χ3v) is 20.3. The first-order valence-electron chi connectivity index (χ1n) is 18.7. The summed E-state index contributed by atoms with van der Waals surface area (Å²) in [6, 6.07) is 16.7. The lowest BCUT2D eigenvalue weighted by Crippen LogP contribution is -2.56. The molecule has 0 radical (unpaired) electrons. The third-order valence-electron chi connectivity index (χ3n) is 13.8. The van der Waals surface area contributed by atoms with Crippen LogP contribution in [0.3, 0.4) is 0 Å². The van der Waals surface area contributed by atoms with Gasteiger partial charge in [-0.25, -0.2) is 0 Å². The van der Waals surface area contributed by atoms with Crippen LogP contribution >= 0.6 is 15.8 Å². The van der Waals surface area contributed by atoms with E-state index < -0.39 is 7.92 Å². The molecule has 8 fully saturated rings. The summed E-state index contributed by atoms with van der Waals surface area (Å²) in [6.07, 6.45) is 29.5.